The van der Waals surface area contributed by atoms with E-state index < -0.39 is 0 Å². The Bertz CT molecular complexity index is 380. The van der Waals surface area contributed by atoms with Crippen LogP contribution in [0.15, 0.2) is 24.3 Å². The number of hydrogen-bond acceptors (Lipinski definition) is 3. The molecule has 0 fully saturated rings. The molecular weight excluding hydrogens is 244 g/mol. The summed E-state index contributed by atoms with van der Waals surface area (Å²) in [5.74, 6) is 0.591. The monoisotopic (exact) mass is 266 g/mol. The van der Waals surface area contributed by atoms with E-state index in [-0.39, 0.29) is 0 Å². The predicted molar refractivity (Wildman–Crippen MR) is 81.1 cm³/mol. The number of nitrogens with two attached hydrogens (primary N) is 1. The second kappa shape index (κ2) is 8.06. The van der Waals surface area contributed by atoms with Crippen LogP contribution in [0.25, 0.3) is 0 Å². The lowest BCUT2D eigenvalue weighted by Gasteiger charge is -2.11. The fourth-order valence-electron chi connectivity index (χ4n) is 1.57. The summed E-state index contributed by atoms with van der Waals surface area (Å²) in [4.78, 5) is 0.425. The van der Waals surface area contributed by atoms with Crippen molar-refractivity contribution in [2.24, 2.45) is 11.7 Å². The van der Waals surface area contributed by atoms with Gasteiger partial charge in [-0.25, -0.2) is 0 Å². The quantitative estimate of drug-likeness (QED) is 0.561. The number of ether oxygens (including phenoxy) is 1. The molecule has 0 aliphatic carbocycles. The second-order valence-electron chi connectivity index (χ2n) is 4.66. The normalized spacial score (nSPS) is 10.6. The molecule has 0 atom stereocenters. The van der Waals surface area contributed by atoms with E-state index in [0.717, 1.165) is 37.4 Å². The van der Waals surface area contributed by atoms with Crippen molar-refractivity contribution in [3.05, 3.63) is 29.8 Å². The first-order valence-electron chi connectivity index (χ1n) is 6.31. The van der Waals surface area contributed by atoms with Crippen LogP contribution < -0.4 is 11.1 Å². The first-order chi connectivity index (χ1) is 8.61. The minimum absolute atomic E-state index is 0.425. The lowest BCUT2D eigenvalue weighted by Crippen LogP contribution is -2.14. The maximum atomic E-state index is 5.67. The van der Waals surface area contributed by atoms with Crippen molar-refractivity contribution in [3.63, 3.8) is 0 Å². The highest BCUT2D eigenvalue weighted by molar-refractivity contribution is 7.80. The minimum atomic E-state index is 0.425. The Labute approximate surface area is 115 Å². The van der Waals surface area contributed by atoms with E-state index in [9.17, 15) is 0 Å². The maximum Gasteiger partial charge on any atom is 0.106 e. The SMILES string of the molecule is CC(C)COCCCNc1ccccc1C(N)=S. The number of hydrogen-bond donors (Lipinski definition) is 2. The van der Waals surface area contributed by atoms with Gasteiger partial charge in [0.2, 0.25) is 0 Å². The zero-order valence-electron chi connectivity index (χ0n) is 11.1. The number of nitrogens with one attached hydrogen (secondary N) is 1. The van der Waals surface area contributed by atoms with Gasteiger partial charge >= 0.3 is 0 Å². The van der Waals surface area contributed by atoms with Crippen LogP contribution in [0.5, 0.6) is 0 Å². The van der Waals surface area contributed by atoms with Crippen LogP contribution in [0.4, 0.5) is 5.69 Å². The molecule has 1 rings (SSSR count). The number of anilines is 1. The molecule has 0 saturated heterocycles. The Balaban J connectivity index is 2.29. The van der Waals surface area contributed by atoms with E-state index in [4.69, 9.17) is 22.7 Å². The number of thiocarbonyl (C=S) groups is 1. The third-order valence-electron chi connectivity index (χ3n) is 2.42. The molecule has 3 nitrogen and oxygen atoms in total. The fraction of sp³-hybridized carbons (Fsp3) is 0.500. The molecule has 0 aliphatic rings. The first-order valence-corrected chi connectivity index (χ1v) is 6.72. The Morgan fingerprint density at radius 3 is 2.78 bits per heavy atom. The van der Waals surface area contributed by atoms with E-state index in [1.807, 2.05) is 24.3 Å². The van der Waals surface area contributed by atoms with Crippen molar-refractivity contribution in [1.29, 1.82) is 0 Å². The molecule has 18 heavy (non-hydrogen) atoms. The standard InChI is InChI=1S/C14H22N2OS/c1-11(2)10-17-9-5-8-16-13-7-4-3-6-12(13)14(15)18/h3-4,6-7,11,16H,5,8-10H2,1-2H3,(H2,15,18). The largest absolute Gasteiger partial charge is 0.389 e. The van der Waals surface area contributed by atoms with Crippen LogP contribution in [0.3, 0.4) is 0 Å². The maximum absolute atomic E-state index is 5.67. The van der Waals surface area contributed by atoms with Crippen LogP contribution in [0.1, 0.15) is 25.8 Å². The Morgan fingerprint density at radius 1 is 1.39 bits per heavy atom. The van der Waals surface area contributed by atoms with E-state index in [2.05, 4.69) is 19.2 Å². The number of rotatable bonds is 8. The molecule has 0 amide bonds. The summed E-state index contributed by atoms with van der Waals surface area (Å²) >= 11 is 5.01. The van der Waals surface area contributed by atoms with Crippen molar-refractivity contribution in [3.8, 4) is 0 Å². The van der Waals surface area contributed by atoms with Gasteiger partial charge in [0.15, 0.2) is 0 Å². The smallest absolute Gasteiger partial charge is 0.106 e. The highest BCUT2D eigenvalue weighted by atomic mass is 32.1. The molecule has 3 N–H and O–H groups in total. The number of benzene rings is 1. The van der Waals surface area contributed by atoms with Crippen LogP contribution in [-0.2, 0) is 4.74 Å². The summed E-state index contributed by atoms with van der Waals surface area (Å²) in [5.41, 5.74) is 7.56. The van der Waals surface area contributed by atoms with Gasteiger partial charge in [0.05, 0.1) is 0 Å². The topological polar surface area (TPSA) is 47.3 Å². The molecule has 4 heteroatoms. The van der Waals surface area contributed by atoms with Gasteiger partial charge in [-0.1, -0.05) is 38.2 Å². The molecule has 0 saturated carbocycles. The van der Waals surface area contributed by atoms with E-state index in [1.165, 1.54) is 0 Å². The summed E-state index contributed by atoms with van der Waals surface area (Å²) in [6.07, 6.45) is 0.971. The van der Waals surface area contributed by atoms with Gasteiger partial charge in [0, 0.05) is 31.0 Å². The molecular formula is C14H22N2OS. The highest BCUT2D eigenvalue weighted by Gasteiger charge is 2.02. The molecule has 0 heterocycles. The van der Waals surface area contributed by atoms with Crippen molar-refractivity contribution < 1.29 is 4.74 Å². The fourth-order valence-corrected chi connectivity index (χ4v) is 1.75. The van der Waals surface area contributed by atoms with Gasteiger partial charge in [0.1, 0.15) is 4.99 Å². The molecule has 100 valence electrons. The summed E-state index contributed by atoms with van der Waals surface area (Å²) < 4.78 is 5.52. The van der Waals surface area contributed by atoms with Gasteiger partial charge in [-0.3, -0.25) is 0 Å². The van der Waals surface area contributed by atoms with Crippen molar-refractivity contribution in [2.45, 2.75) is 20.3 Å². The lowest BCUT2D eigenvalue weighted by molar-refractivity contribution is 0.110. The van der Waals surface area contributed by atoms with Gasteiger partial charge in [-0.05, 0) is 24.5 Å². The Hall–Kier alpha value is -1.13. The molecule has 0 spiro atoms. The predicted octanol–water partition coefficient (Wildman–Crippen LogP) is 2.80. The average Bonchev–Trinajstić information content (AvgIpc) is 2.33. The van der Waals surface area contributed by atoms with Gasteiger partial charge in [0.25, 0.3) is 0 Å². The second-order valence-corrected chi connectivity index (χ2v) is 5.10. The first kappa shape index (κ1) is 14.9. The molecule has 0 unspecified atom stereocenters. The summed E-state index contributed by atoms with van der Waals surface area (Å²) in [6.45, 7) is 6.76. The Kier molecular flexibility index (Phi) is 6.68. The minimum Gasteiger partial charge on any atom is -0.389 e. The summed E-state index contributed by atoms with van der Waals surface area (Å²) in [7, 11) is 0. The molecule has 0 aromatic heterocycles. The van der Waals surface area contributed by atoms with Gasteiger partial charge in [-0.15, -0.1) is 0 Å². The number of para-hydroxylation sites is 1. The van der Waals surface area contributed by atoms with E-state index in [0.29, 0.717) is 10.9 Å². The molecule has 0 aliphatic heterocycles. The van der Waals surface area contributed by atoms with Crippen molar-refractivity contribution in [1.82, 2.24) is 0 Å². The van der Waals surface area contributed by atoms with Gasteiger partial charge in [-0.2, -0.15) is 0 Å². The van der Waals surface area contributed by atoms with Crippen LogP contribution in [0.2, 0.25) is 0 Å². The van der Waals surface area contributed by atoms with Crippen LogP contribution >= 0.6 is 12.2 Å². The van der Waals surface area contributed by atoms with E-state index in [1.54, 1.807) is 0 Å². The summed E-state index contributed by atoms with van der Waals surface area (Å²) in [6, 6.07) is 7.83. The van der Waals surface area contributed by atoms with Crippen molar-refractivity contribution in [2.75, 3.05) is 25.1 Å². The van der Waals surface area contributed by atoms with E-state index >= 15 is 0 Å². The summed E-state index contributed by atoms with van der Waals surface area (Å²) in [5, 5.41) is 3.34. The molecule has 0 radical (unpaired) electrons. The third kappa shape index (κ3) is 5.47. The van der Waals surface area contributed by atoms with Gasteiger partial charge < -0.3 is 15.8 Å². The zero-order valence-corrected chi connectivity index (χ0v) is 11.9. The highest BCUT2D eigenvalue weighted by Crippen LogP contribution is 2.14. The zero-order chi connectivity index (χ0) is 13.4. The molecule has 1 aromatic carbocycles. The van der Waals surface area contributed by atoms with Crippen LogP contribution in [0, 0.1) is 5.92 Å². The van der Waals surface area contributed by atoms with Crippen LogP contribution in [-0.4, -0.2) is 24.7 Å². The van der Waals surface area contributed by atoms with Crippen molar-refractivity contribution >= 4 is 22.9 Å². The lowest BCUT2D eigenvalue weighted by atomic mass is 10.2. The molecule has 1 aromatic rings. The Morgan fingerprint density at radius 2 is 2.11 bits per heavy atom. The third-order valence-corrected chi connectivity index (χ3v) is 2.64. The molecule has 0 bridgehead atoms. The average molecular weight is 266 g/mol.